The highest BCUT2D eigenvalue weighted by Gasteiger charge is 2.26. The normalized spacial score (nSPS) is 18.8. The van der Waals surface area contributed by atoms with Gasteiger partial charge in [0.05, 0.1) is 29.4 Å². The Morgan fingerprint density at radius 3 is 2.42 bits per heavy atom. The van der Waals surface area contributed by atoms with E-state index >= 15 is 0 Å². The second-order valence-electron chi connectivity index (χ2n) is 6.71. The molecule has 0 bridgehead atoms. The quantitative estimate of drug-likeness (QED) is 0.851. The molecule has 24 heavy (non-hydrogen) atoms. The molecule has 0 radical (unpaired) electrons. The number of aromatic nitrogens is 4. The number of piperidine rings is 1. The number of nitrogens with zero attached hydrogens (tertiary/aromatic N) is 5. The van der Waals surface area contributed by atoms with Crippen LogP contribution in [0.25, 0.3) is 0 Å². The van der Waals surface area contributed by atoms with Crippen molar-refractivity contribution in [3.63, 3.8) is 0 Å². The number of hydrogen-bond donors (Lipinski definition) is 0. The van der Waals surface area contributed by atoms with Crippen LogP contribution in [-0.4, -0.2) is 32.6 Å². The zero-order valence-electron chi connectivity index (χ0n) is 13.4. The molecule has 1 aliphatic heterocycles. The van der Waals surface area contributed by atoms with Crippen molar-refractivity contribution in [3.8, 4) is 0 Å². The SMILES string of the molecule is O=c1cc(C2CC2)ncn1CC1CCN(c2ncc(Cl)cn2)CC1. The molecule has 7 heteroatoms. The molecule has 3 heterocycles. The summed E-state index contributed by atoms with van der Waals surface area (Å²) in [7, 11) is 0. The van der Waals surface area contributed by atoms with Gasteiger partial charge in [-0.15, -0.1) is 0 Å². The fourth-order valence-electron chi connectivity index (χ4n) is 3.24. The Hall–Kier alpha value is -1.95. The summed E-state index contributed by atoms with van der Waals surface area (Å²) in [4.78, 5) is 27.4. The van der Waals surface area contributed by atoms with Gasteiger partial charge in [0.2, 0.25) is 5.95 Å². The third-order valence-corrected chi connectivity index (χ3v) is 5.05. The van der Waals surface area contributed by atoms with E-state index in [1.807, 2.05) is 0 Å². The van der Waals surface area contributed by atoms with Crippen LogP contribution in [0.2, 0.25) is 5.02 Å². The van der Waals surface area contributed by atoms with Crippen LogP contribution in [0, 0.1) is 5.92 Å². The summed E-state index contributed by atoms with van der Waals surface area (Å²) in [6.45, 7) is 2.54. The molecule has 1 saturated carbocycles. The summed E-state index contributed by atoms with van der Waals surface area (Å²) in [5, 5.41) is 0.551. The van der Waals surface area contributed by atoms with Crippen molar-refractivity contribution in [3.05, 3.63) is 45.9 Å². The maximum Gasteiger partial charge on any atom is 0.253 e. The Balaban J connectivity index is 1.36. The first-order valence-electron chi connectivity index (χ1n) is 8.48. The van der Waals surface area contributed by atoms with Gasteiger partial charge < -0.3 is 4.90 Å². The molecule has 0 amide bonds. The molecule has 2 fully saturated rings. The molecule has 126 valence electrons. The van der Waals surface area contributed by atoms with Crippen LogP contribution >= 0.6 is 11.6 Å². The summed E-state index contributed by atoms with van der Waals surface area (Å²) < 4.78 is 1.75. The highest BCUT2D eigenvalue weighted by molar-refractivity contribution is 6.30. The van der Waals surface area contributed by atoms with E-state index in [1.165, 1.54) is 12.8 Å². The topological polar surface area (TPSA) is 63.9 Å². The minimum absolute atomic E-state index is 0.0790. The molecule has 0 aromatic carbocycles. The van der Waals surface area contributed by atoms with Crippen molar-refractivity contribution >= 4 is 17.5 Å². The van der Waals surface area contributed by atoms with Crippen molar-refractivity contribution < 1.29 is 0 Å². The van der Waals surface area contributed by atoms with E-state index in [2.05, 4.69) is 19.9 Å². The van der Waals surface area contributed by atoms with Gasteiger partial charge in [-0.1, -0.05) is 11.6 Å². The van der Waals surface area contributed by atoms with E-state index in [9.17, 15) is 4.79 Å². The molecule has 2 aliphatic rings. The van der Waals surface area contributed by atoms with Crippen LogP contribution in [0.5, 0.6) is 0 Å². The van der Waals surface area contributed by atoms with Crippen molar-refractivity contribution in [1.82, 2.24) is 19.5 Å². The Bertz CT molecular complexity index is 763. The Morgan fingerprint density at radius 2 is 1.79 bits per heavy atom. The van der Waals surface area contributed by atoms with Crippen LogP contribution in [0.4, 0.5) is 5.95 Å². The van der Waals surface area contributed by atoms with Crippen LogP contribution in [0.3, 0.4) is 0 Å². The lowest BCUT2D eigenvalue weighted by atomic mass is 9.97. The standard InChI is InChI=1S/C17H20ClN5O/c18-14-8-19-17(20-9-14)22-5-3-12(4-6-22)10-23-11-21-15(7-16(23)24)13-1-2-13/h7-9,11-13H,1-6,10H2. The van der Waals surface area contributed by atoms with Crippen LogP contribution in [0.1, 0.15) is 37.3 Å². The Morgan fingerprint density at radius 1 is 1.08 bits per heavy atom. The lowest BCUT2D eigenvalue weighted by molar-refractivity contribution is 0.349. The van der Waals surface area contributed by atoms with E-state index < -0.39 is 0 Å². The van der Waals surface area contributed by atoms with E-state index in [0.29, 0.717) is 16.9 Å². The summed E-state index contributed by atoms with van der Waals surface area (Å²) in [6, 6.07) is 1.72. The molecule has 0 unspecified atom stereocenters. The van der Waals surface area contributed by atoms with Crippen LogP contribution in [-0.2, 0) is 6.54 Å². The van der Waals surface area contributed by atoms with Gasteiger partial charge in [0.15, 0.2) is 0 Å². The average Bonchev–Trinajstić information content (AvgIpc) is 3.43. The molecule has 0 N–H and O–H groups in total. The largest absolute Gasteiger partial charge is 0.341 e. The molecule has 0 atom stereocenters. The Kier molecular flexibility index (Phi) is 4.22. The smallest absolute Gasteiger partial charge is 0.253 e. The summed E-state index contributed by atoms with van der Waals surface area (Å²) in [6.07, 6.45) is 9.35. The summed E-state index contributed by atoms with van der Waals surface area (Å²) in [5.41, 5.74) is 1.04. The summed E-state index contributed by atoms with van der Waals surface area (Å²) >= 11 is 5.83. The number of halogens is 1. The first-order valence-corrected chi connectivity index (χ1v) is 8.86. The third kappa shape index (κ3) is 3.43. The molecule has 0 spiro atoms. The van der Waals surface area contributed by atoms with Gasteiger partial charge in [-0.3, -0.25) is 9.36 Å². The lowest BCUT2D eigenvalue weighted by Gasteiger charge is -2.32. The highest BCUT2D eigenvalue weighted by atomic mass is 35.5. The molecule has 1 saturated heterocycles. The van der Waals surface area contributed by atoms with E-state index in [0.717, 1.165) is 44.1 Å². The van der Waals surface area contributed by atoms with Crippen LogP contribution < -0.4 is 10.5 Å². The zero-order valence-corrected chi connectivity index (χ0v) is 14.2. The second kappa shape index (κ2) is 6.51. The van der Waals surface area contributed by atoms with Gasteiger partial charge in [-0.25, -0.2) is 15.0 Å². The number of anilines is 1. The van der Waals surface area contributed by atoms with E-state index in [-0.39, 0.29) is 5.56 Å². The predicted molar refractivity (Wildman–Crippen MR) is 92.5 cm³/mol. The maximum absolute atomic E-state index is 12.2. The predicted octanol–water partition coefficient (Wildman–Crippen LogP) is 2.48. The maximum atomic E-state index is 12.2. The number of rotatable bonds is 4. The van der Waals surface area contributed by atoms with Gasteiger partial charge in [-0.2, -0.15) is 0 Å². The minimum Gasteiger partial charge on any atom is -0.341 e. The van der Waals surface area contributed by atoms with Crippen molar-refractivity contribution in [2.24, 2.45) is 5.92 Å². The monoisotopic (exact) mass is 345 g/mol. The second-order valence-corrected chi connectivity index (χ2v) is 7.15. The minimum atomic E-state index is 0.0790. The van der Waals surface area contributed by atoms with Crippen molar-refractivity contribution in [2.75, 3.05) is 18.0 Å². The molecule has 2 aromatic heterocycles. The molecular formula is C17H20ClN5O. The van der Waals surface area contributed by atoms with Gasteiger partial charge in [0.1, 0.15) is 0 Å². The zero-order chi connectivity index (χ0) is 16.5. The Labute approximate surface area is 145 Å². The van der Waals surface area contributed by atoms with Crippen molar-refractivity contribution in [1.29, 1.82) is 0 Å². The van der Waals surface area contributed by atoms with E-state index in [4.69, 9.17) is 11.6 Å². The summed E-state index contributed by atoms with van der Waals surface area (Å²) in [5.74, 6) is 1.74. The van der Waals surface area contributed by atoms with Gasteiger partial charge in [-0.05, 0) is 31.6 Å². The fourth-order valence-corrected chi connectivity index (χ4v) is 3.34. The van der Waals surface area contributed by atoms with Gasteiger partial charge in [0.25, 0.3) is 5.56 Å². The van der Waals surface area contributed by atoms with Gasteiger partial charge in [0, 0.05) is 31.6 Å². The molecule has 2 aromatic rings. The molecular weight excluding hydrogens is 326 g/mol. The molecule has 1 aliphatic carbocycles. The molecule has 4 rings (SSSR count). The number of hydrogen-bond acceptors (Lipinski definition) is 5. The fraction of sp³-hybridized carbons (Fsp3) is 0.529. The highest BCUT2D eigenvalue weighted by Crippen LogP contribution is 2.38. The first kappa shape index (κ1) is 15.6. The van der Waals surface area contributed by atoms with Crippen LogP contribution in [0.15, 0.2) is 29.6 Å². The molecule has 6 nitrogen and oxygen atoms in total. The third-order valence-electron chi connectivity index (χ3n) is 4.86. The average molecular weight is 346 g/mol. The van der Waals surface area contributed by atoms with E-state index in [1.54, 1.807) is 29.4 Å². The van der Waals surface area contributed by atoms with Crippen molar-refractivity contribution in [2.45, 2.75) is 38.1 Å². The first-order chi connectivity index (χ1) is 11.7. The lowest BCUT2D eigenvalue weighted by Crippen LogP contribution is -2.37. The van der Waals surface area contributed by atoms with Gasteiger partial charge >= 0.3 is 0 Å².